The molecule has 0 aromatic carbocycles. The Labute approximate surface area is 188 Å². The molecule has 3 amide bonds. The van der Waals surface area contributed by atoms with Crippen LogP contribution in [-0.4, -0.2) is 52.9 Å². The van der Waals surface area contributed by atoms with Crippen LogP contribution >= 0.6 is 0 Å². The normalized spacial score (nSPS) is 27.7. The highest BCUT2D eigenvalue weighted by molar-refractivity contribution is 6.13. The molecule has 0 aromatic rings. The molecule has 6 heteroatoms. The van der Waals surface area contributed by atoms with Gasteiger partial charge in [0.25, 0.3) is 11.8 Å². The largest absolute Gasteiger partial charge is 0.340 e. The minimum atomic E-state index is -0.133. The monoisotopic (exact) mass is 434 g/mol. The topological polar surface area (TPSA) is 74.8 Å². The van der Waals surface area contributed by atoms with Gasteiger partial charge >= 0.3 is 0 Å². The van der Waals surface area contributed by atoms with Crippen molar-refractivity contribution in [1.82, 2.24) is 9.80 Å². The Kier molecular flexibility index (Phi) is 12.4. The van der Waals surface area contributed by atoms with Crippen LogP contribution in [0.1, 0.15) is 91.9 Å². The van der Waals surface area contributed by atoms with Gasteiger partial charge in [0.05, 0.1) is 0 Å². The van der Waals surface area contributed by atoms with Crippen molar-refractivity contribution in [2.24, 2.45) is 11.8 Å². The summed E-state index contributed by atoms with van der Waals surface area (Å²) in [5, 5.41) is 0. The maximum Gasteiger partial charge on any atom is 0.253 e. The Morgan fingerprint density at radius 2 is 1.32 bits per heavy atom. The molecule has 0 unspecified atom stereocenters. The highest BCUT2D eigenvalue weighted by Crippen LogP contribution is 2.36. The van der Waals surface area contributed by atoms with E-state index in [1.165, 1.54) is 42.7 Å². The zero-order valence-corrected chi connectivity index (χ0v) is 20.0. The summed E-state index contributed by atoms with van der Waals surface area (Å²) in [6.45, 7) is 10.6. The van der Waals surface area contributed by atoms with Crippen LogP contribution in [0.4, 0.5) is 0 Å². The first-order valence-electron chi connectivity index (χ1n) is 12.1. The van der Waals surface area contributed by atoms with Gasteiger partial charge in [0.1, 0.15) is 6.79 Å². The first-order valence-corrected chi connectivity index (χ1v) is 12.1. The van der Waals surface area contributed by atoms with E-state index in [2.05, 4.69) is 6.92 Å². The lowest BCUT2D eigenvalue weighted by Gasteiger charge is -2.37. The lowest BCUT2D eigenvalue weighted by atomic mass is 9.77. The van der Waals surface area contributed by atoms with E-state index in [1.807, 2.05) is 25.5 Å². The standard InChI is InChI=1S/C22H34N2O3.C2H6.CH2O/c1-3-23(16(2)25)19-10-6-17(7-11-19)4-5-18-8-12-20(13-9-18)24-21(26)14-15-22(24)27;2*1-2/h14-15,17-20H,3-13H2,1-2H3;1-2H3;1H2. The summed E-state index contributed by atoms with van der Waals surface area (Å²) >= 11 is 0. The summed E-state index contributed by atoms with van der Waals surface area (Å²) in [5.74, 6) is 1.49. The first kappa shape index (κ1) is 27.1. The summed E-state index contributed by atoms with van der Waals surface area (Å²) < 4.78 is 0. The second-order valence-corrected chi connectivity index (χ2v) is 8.61. The molecular formula is C25H42N2O4. The summed E-state index contributed by atoms with van der Waals surface area (Å²) in [4.78, 5) is 46.9. The van der Waals surface area contributed by atoms with Crippen LogP contribution in [0.15, 0.2) is 12.2 Å². The Morgan fingerprint density at radius 1 is 0.903 bits per heavy atom. The Morgan fingerprint density at radius 3 is 1.71 bits per heavy atom. The summed E-state index contributed by atoms with van der Waals surface area (Å²) in [7, 11) is 0. The predicted molar refractivity (Wildman–Crippen MR) is 123 cm³/mol. The van der Waals surface area contributed by atoms with Crippen LogP contribution in [0.25, 0.3) is 0 Å². The van der Waals surface area contributed by atoms with Gasteiger partial charge in [-0.15, -0.1) is 0 Å². The third kappa shape index (κ3) is 7.58. The van der Waals surface area contributed by atoms with E-state index in [9.17, 15) is 14.4 Å². The van der Waals surface area contributed by atoms with E-state index in [-0.39, 0.29) is 23.8 Å². The molecule has 176 valence electrons. The van der Waals surface area contributed by atoms with Gasteiger partial charge in [-0.3, -0.25) is 19.3 Å². The van der Waals surface area contributed by atoms with Gasteiger partial charge in [0, 0.05) is 37.7 Å². The van der Waals surface area contributed by atoms with Crippen molar-refractivity contribution in [1.29, 1.82) is 0 Å². The molecule has 1 heterocycles. The van der Waals surface area contributed by atoms with Gasteiger partial charge in [-0.1, -0.05) is 26.7 Å². The van der Waals surface area contributed by atoms with Crippen molar-refractivity contribution in [3.8, 4) is 0 Å². The van der Waals surface area contributed by atoms with Crippen molar-refractivity contribution < 1.29 is 19.2 Å². The number of hydrogen-bond acceptors (Lipinski definition) is 4. The summed E-state index contributed by atoms with van der Waals surface area (Å²) in [5.41, 5.74) is 0. The van der Waals surface area contributed by atoms with Gasteiger partial charge < -0.3 is 9.69 Å². The zero-order chi connectivity index (χ0) is 23.4. The van der Waals surface area contributed by atoms with E-state index >= 15 is 0 Å². The average Bonchev–Trinajstić information content (AvgIpc) is 3.14. The van der Waals surface area contributed by atoms with Crippen molar-refractivity contribution in [2.75, 3.05) is 6.54 Å². The van der Waals surface area contributed by atoms with Gasteiger partial charge in [-0.25, -0.2) is 0 Å². The lowest BCUT2D eigenvalue weighted by molar-refractivity contribution is -0.140. The molecule has 2 saturated carbocycles. The number of carbonyl (C=O) groups is 4. The minimum absolute atomic E-state index is 0.110. The van der Waals surface area contributed by atoms with Gasteiger partial charge in [0.2, 0.25) is 5.91 Å². The fourth-order valence-corrected chi connectivity index (χ4v) is 5.42. The molecule has 0 aromatic heterocycles. The average molecular weight is 435 g/mol. The molecule has 0 atom stereocenters. The third-order valence-electron chi connectivity index (χ3n) is 7.01. The zero-order valence-electron chi connectivity index (χ0n) is 20.0. The molecule has 0 saturated heterocycles. The maximum atomic E-state index is 11.8. The van der Waals surface area contributed by atoms with Crippen LogP contribution in [-0.2, 0) is 19.2 Å². The van der Waals surface area contributed by atoms with E-state index in [1.54, 1.807) is 6.92 Å². The van der Waals surface area contributed by atoms with E-state index in [0.29, 0.717) is 6.04 Å². The third-order valence-corrected chi connectivity index (χ3v) is 7.01. The molecule has 0 N–H and O–H groups in total. The quantitative estimate of drug-likeness (QED) is 0.576. The van der Waals surface area contributed by atoms with E-state index < -0.39 is 0 Å². The predicted octanol–water partition coefficient (Wildman–Crippen LogP) is 4.52. The minimum Gasteiger partial charge on any atom is -0.340 e. The molecule has 3 rings (SSSR count). The highest BCUT2D eigenvalue weighted by atomic mass is 16.2. The molecule has 31 heavy (non-hydrogen) atoms. The smallest absolute Gasteiger partial charge is 0.253 e. The van der Waals surface area contributed by atoms with Crippen molar-refractivity contribution in [3.63, 3.8) is 0 Å². The number of amides is 3. The van der Waals surface area contributed by atoms with E-state index in [0.717, 1.165) is 56.9 Å². The van der Waals surface area contributed by atoms with Crippen LogP contribution in [0.5, 0.6) is 0 Å². The number of imide groups is 1. The maximum absolute atomic E-state index is 11.8. The second kappa shape index (κ2) is 14.2. The Balaban J connectivity index is 0.00000113. The van der Waals surface area contributed by atoms with E-state index in [4.69, 9.17) is 4.79 Å². The van der Waals surface area contributed by atoms with Crippen LogP contribution in [0.3, 0.4) is 0 Å². The summed E-state index contributed by atoms with van der Waals surface area (Å²) in [6, 6.07) is 0.557. The summed E-state index contributed by atoms with van der Waals surface area (Å²) in [6.07, 6.45) is 14.3. The molecule has 2 aliphatic carbocycles. The molecule has 6 nitrogen and oxygen atoms in total. The number of nitrogens with zero attached hydrogens (tertiary/aromatic N) is 2. The fraction of sp³-hybridized carbons (Fsp3) is 0.760. The lowest BCUT2D eigenvalue weighted by Crippen LogP contribution is -2.42. The van der Waals surface area contributed by atoms with Crippen molar-refractivity contribution >= 4 is 24.5 Å². The molecule has 1 aliphatic heterocycles. The van der Waals surface area contributed by atoms with Gasteiger partial charge in [-0.05, 0) is 70.1 Å². The molecular weight excluding hydrogens is 392 g/mol. The molecule has 0 radical (unpaired) electrons. The number of carbonyl (C=O) groups excluding carboxylic acids is 4. The SMILES string of the molecule is C=O.CC.CCN(C(C)=O)C1CCC(CCC2CCC(N3C(=O)C=CC3=O)CC2)CC1. The van der Waals surface area contributed by atoms with Crippen molar-refractivity contribution in [2.45, 2.75) is 104 Å². The fourth-order valence-electron chi connectivity index (χ4n) is 5.42. The van der Waals surface area contributed by atoms with Crippen LogP contribution < -0.4 is 0 Å². The molecule has 0 spiro atoms. The highest BCUT2D eigenvalue weighted by Gasteiger charge is 2.34. The first-order chi connectivity index (χ1) is 15.0. The number of hydrogen-bond donors (Lipinski definition) is 0. The van der Waals surface area contributed by atoms with Crippen LogP contribution in [0, 0.1) is 11.8 Å². The number of rotatable bonds is 6. The van der Waals surface area contributed by atoms with Crippen LogP contribution in [0.2, 0.25) is 0 Å². The van der Waals surface area contributed by atoms with Crippen molar-refractivity contribution in [3.05, 3.63) is 12.2 Å². The molecule has 0 bridgehead atoms. The van der Waals surface area contributed by atoms with Gasteiger partial charge in [0.15, 0.2) is 0 Å². The Hall–Kier alpha value is -1.98. The van der Waals surface area contributed by atoms with Gasteiger partial charge in [-0.2, -0.15) is 0 Å². The second-order valence-electron chi connectivity index (χ2n) is 8.61. The Bertz CT molecular complexity index is 585. The molecule has 3 aliphatic rings. The molecule has 2 fully saturated rings.